The highest BCUT2D eigenvalue weighted by atomic mass is 32.2. The normalized spacial score (nSPS) is 27.5. The lowest BCUT2D eigenvalue weighted by atomic mass is 9.84. The van der Waals surface area contributed by atoms with Gasteiger partial charge in [-0.05, 0) is 24.7 Å². The van der Waals surface area contributed by atoms with Gasteiger partial charge in [0.25, 0.3) is 0 Å². The van der Waals surface area contributed by atoms with Crippen molar-refractivity contribution in [3.8, 4) is 0 Å². The maximum atomic E-state index is 11.3. The van der Waals surface area contributed by atoms with Gasteiger partial charge in [0.05, 0.1) is 17.4 Å². The average molecular weight is 248 g/mol. The Morgan fingerprint density at radius 1 is 1.50 bits per heavy atom. The molecule has 0 aliphatic carbocycles. The molecule has 1 N–H and O–H groups in total. The highest BCUT2D eigenvalue weighted by molar-refractivity contribution is 7.91. The van der Waals surface area contributed by atoms with E-state index in [0.717, 1.165) is 6.42 Å². The first kappa shape index (κ1) is 13.5. The molecule has 0 saturated carbocycles. The molecule has 1 fully saturated rings. The number of hydrogen-bond donors (Lipinski definition) is 1. The largest absolute Gasteiger partial charge is 0.481 e. The lowest BCUT2D eigenvalue weighted by molar-refractivity contribution is -0.144. The average Bonchev–Trinajstić information content (AvgIpc) is 2.54. The Morgan fingerprint density at radius 2 is 2.12 bits per heavy atom. The number of aliphatic carboxylic acids is 1. The zero-order valence-electron chi connectivity index (χ0n) is 9.85. The molecule has 94 valence electrons. The standard InChI is InChI=1S/C11H20O4S/c1-3-8(2)6-10(11(12)13)9-4-5-16(14,15)7-9/h8-10H,3-7H2,1-2H3,(H,12,13). The summed E-state index contributed by atoms with van der Waals surface area (Å²) >= 11 is 0. The van der Waals surface area contributed by atoms with Gasteiger partial charge >= 0.3 is 5.97 Å². The molecule has 0 spiro atoms. The van der Waals surface area contributed by atoms with Crippen LogP contribution in [0.2, 0.25) is 0 Å². The zero-order valence-corrected chi connectivity index (χ0v) is 10.7. The molecule has 16 heavy (non-hydrogen) atoms. The van der Waals surface area contributed by atoms with Gasteiger partial charge in [0, 0.05) is 0 Å². The van der Waals surface area contributed by atoms with E-state index < -0.39 is 21.7 Å². The Kier molecular flexibility index (Phi) is 4.35. The number of rotatable bonds is 5. The van der Waals surface area contributed by atoms with Crippen LogP contribution in [0.5, 0.6) is 0 Å². The third-order valence-electron chi connectivity index (χ3n) is 3.51. The van der Waals surface area contributed by atoms with Crippen molar-refractivity contribution in [2.24, 2.45) is 17.8 Å². The quantitative estimate of drug-likeness (QED) is 0.801. The molecule has 0 aromatic heterocycles. The van der Waals surface area contributed by atoms with Crippen LogP contribution in [0.25, 0.3) is 0 Å². The van der Waals surface area contributed by atoms with Crippen molar-refractivity contribution in [3.05, 3.63) is 0 Å². The first-order valence-electron chi connectivity index (χ1n) is 5.79. The fourth-order valence-electron chi connectivity index (χ4n) is 2.24. The van der Waals surface area contributed by atoms with Gasteiger partial charge in [-0.3, -0.25) is 4.79 Å². The molecule has 5 heteroatoms. The number of carbonyl (C=O) groups is 1. The molecule has 1 rings (SSSR count). The van der Waals surface area contributed by atoms with Gasteiger partial charge in [0.2, 0.25) is 0 Å². The van der Waals surface area contributed by atoms with Gasteiger partial charge in [-0.2, -0.15) is 0 Å². The SMILES string of the molecule is CCC(C)CC(C(=O)O)C1CCS(=O)(=O)C1. The van der Waals surface area contributed by atoms with Crippen molar-refractivity contribution in [2.45, 2.75) is 33.1 Å². The molecule has 0 aromatic carbocycles. The fourth-order valence-corrected chi connectivity index (χ4v) is 4.12. The lowest BCUT2D eigenvalue weighted by Crippen LogP contribution is -2.26. The number of sulfone groups is 1. The maximum absolute atomic E-state index is 11.3. The van der Waals surface area contributed by atoms with Gasteiger partial charge < -0.3 is 5.11 Å². The zero-order chi connectivity index (χ0) is 12.3. The summed E-state index contributed by atoms with van der Waals surface area (Å²) in [6.45, 7) is 4.04. The second-order valence-corrected chi connectivity index (χ2v) is 7.09. The van der Waals surface area contributed by atoms with Crippen molar-refractivity contribution < 1.29 is 18.3 Å². The van der Waals surface area contributed by atoms with E-state index in [1.807, 2.05) is 13.8 Å². The summed E-state index contributed by atoms with van der Waals surface area (Å²) in [6.07, 6.45) is 2.03. The van der Waals surface area contributed by atoms with Crippen molar-refractivity contribution >= 4 is 15.8 Å². The predicted octanol–water partition coefficient (Wildman–Crippen LogP) is 1.56. The molecule has 4 nitrogen and oxygen atoms in total. The molecule has 1 aliphatic heterocycles. The van der Waals surface area contributed by atoms with Crippen LogP contribution in [0.3, 0.4) is 0 Å². The third-order valence-corrected chi connectivity index (χ3v) is 5.30. The molecule has 1 saturated heterocycles. The van der Waals surface area contributed by atoms with Crippen LogP contribution >= 0.6 is 0 Å². The predicted molar refractivity (Wildman–Crippen MR) is 62.0 cm³/mol. The number of hydrogen-bond acceptors (Lipinski definition) is 3. The van der Waals surface area contributed by atoms with Crippen LogP contribution in [0, 0.1) is 17.8 Å². The molecule has 0 radical (unpaired) electrons. The maximum Gasteiger partial charge on any atom is 0.306 e. The summed E-state index contributed by atoms with van der Waals surface area (Å²) in [7, 11) is -2.98. The molecule has 3 atom stereocenters. The molecule has 0 bridgehead atoms. The Bertz CT molecular complexity index is 347. The van der Waals surface area contributed by atoms with Gasteiger partial charge in [-0.1, -0.05) is 20.3 Å². The van der Waals surface area contributed by atoms with Crippen LogP contribution < -0.4 is 0 Å². The monoisotopic (exact) mass is 248 g/mol. The van der Waals surface area contributed by atoms with Gasteiger partial charge in [0.15, 0.2) is 9.84 Å². The second kappa shape index (κ2) is 5.17. The smallest absolute Gasteiger partial charge is 0.306 e. The van der Waals surface area contributed by atoms with E-state index in [1.165, 1.54) is 0 Å². The van der Waals surface area contributed by atoms with Crippen LogP contribution in [0.15, 0.2) is 0 Å². The Morgan fingerprint density at radius 3 is 2.50 bits per heavy atom. The van der Waals surface area contributed by atoms with E-state index in [-0.39, 0.29) is 17.4 Å². The van der Waals surface area contributed by atoms with Gasteiger partial charge in [0.1, 0.15) is 0 Å². The third kappa shape index (κ3) is 3.47. The molecule has 0 aromatic rings. The van der Waals surface area contributed by atoms with Crippen molar-refractivity contribution in [3.63, 3.8) is 0 Å². The Balaban J connectivity index is 2.68. The molecule has 1 heterocycles. The van der Waals surface area contributed by atoms with E-state index in [2.05, 4.69) is 0 Å². The molecular formula is C11H20O4S. The summed E-state index contributed by atoms with van der Waals surface area (Å²) in [4.78, 5) is 11.2. The van der Waals surface area contributed by atoms with Crippen LogP contribution in [0.1, 0.15) is 33.1 Å². The molecule has 0 amide bonds. The first-order chi connectivity index (χ1) is 7.35. The minimum atomic E-state index is -2.98. The van der Waals surface area contributed by atoms with Gasteiger partial charge in [-0.15, -0.1) is 0 Å². The minimum absolute atomic E-state index is 0.0560. The van der Waals surface area contributed by atoms with Gasteiger partial charge in [-0.25, -0.2) is 8.42 Å². The summed E-state index contributed by atoms with van der Waals surface area (Å²) < 4.78 is 22.7. The topological polar surface area (TPSA) is 71.4 Å². The molecular weight excluding hydrogens is 228 g/mol. The van der Waals surface area contributed by atoms with E-state index in [9.17, 15) is 13.2 Å². The minimum Gasteiger partial charge on any atom is -0.481 e. The number of carboxylic acid groups (broad SMARTS) is 1. The fraction of sp³-hybridized carbons (Fsp3) is 0.909. The summed E-state index contributed by atoms with van der Waals surface area (Å²) in [6, 6.07) is 0. The van der Waals surface area contributed by atoms with E-state index >= 15 is 0 Å². The van der Waals surface area contributed by atoms with Crippen LogP contribution in [-0.4, -0.2) is 31.0 Å². The Labute approximate surface area is 97.0 Å². The summed E-state index contributed by atoms with van der Waals surface area (Å²) in [5.74, 6) is -0.974. The van der Waals surface area contributed by atoms with E-state index in [0.29, 0.717) is 18.8 Å². The van der Waals surface area contributed by atoms with Crippen molar-refractivity contribution in [2.75, 3.05) is 11.5 Å². The van der Waals surface area contributed by atoms with Crippen molar-refractivity contribution in [1.82, 2.24) is 0 Å². The molecule has 3 unspecified atom stereocenters. The first-order valence-corrected chi connectivity index (χ1v) is 7.61. The summed E-state index contributed by atoms with van der Waals surface area (Å²) in [5.41, 5.74) is 0. The molecule has 1 aliphatic rings. The Hall–Kier alpha value is -0.580. The van der Waals surface area contributed by atoms with Crippen molar-refractivity contribution in [1.29, 1.82) is 0 Å². The lowest BCUT2D eigenvalue weighted by Gasteiger charge is -2.21. The summed E-state index contributed by atoms with van der Waals surface area (Å²) in [5, 5.41) is 9.15. The van der Waals surface area contributed by atoms with E-state index in [4.69, 9.17) is 5.11 Å². The van der Waals surface area contributed by atoms with Crippen LogP contribution in [0.4, 0.5) is 0 Å². The highest BCUT2D eigenvalue weighted by Gasteiger charge is 2.37. The van der Waals surface area contributed by atoms with Crippen LogP contribution in [-0.2, 0) is 14.6 Å². The number of carboxylic acids is 1. The second-order valence-electron chi connectivity index (χ2n) is 4.86. The highest BCUT2D eigenvalue weighted by Crippen LogP contribution is 2.31. The van der Waals surface area contributed by atoms with E-state index in [1.54, 1.807) is 0 Å².